The highest BCUT2D eigenvalue weighted by Gasteiger charge is 2.41. The summed E-state index contributed by atoms with van der Waals surface area (Å²) in [6.45, 7) is 0. The normalized spacial score (nSPS) is 29.6. The molecule has 0 radical (unpaired) electrons. The van der Waals surface area contributed by atoms with Crippen LogP contribution in [0.15, 0.2) is 22.7 Å². The van der Waals surface area contributed by atoms with Gasteiger partial charge >= 0.3 is 0 Å². The Bertz CT molecular complexity index is 508. The van der Waals surface area contributed by atoms with Gasteiger partial charge in [0.15, 0.2) is 0 Å². The number of nitrogens with zero attached hydrogens (tertiary/aromatic N) is 1. The second kappa shape index (κ2) is 5.04. The second-order valence-corrected chi connectivity index (χ2v) is 6.80. The molecule has 2 aliphatic rings. The Morgan fingerprint density at radius 1 is 1.32 bits per heavy atom. The monoisotopic (exact) mass is 340 g/mol. The molecule has 102 valence electrons. The van der Waals surface area contributed by atoms with Gasteiger partial charge in [-0.3, -0.25) is 0 Å². The molecule has 2 fully saturated rings. The molecule has 0 aromatic heterocycles. The molecule has 2 atom stereocenters. The lowest BCUT2D eigenvalue weighted by Gasteiger charge is -2.40. The van der Waals surface area contributed by atoms with Crippen LogP contribution in [0.1, 0.15) is 31.2 Å². The lowest BCUT2D eigenvalue weighted by molar-refractivity contribution is 0.126. The van der Waals surface area contributed by atoms with E-state index >= 15 is 0 Å². The zero-order valence-corrected chi connectivity index (χ0v) is 13.0. The Morgan fingerprint density at radius 2 is 1.95 bits per heavy atom. The molecule has 0 saturated carbocycles. The van der Waals surface area contributed by atoms with E-state index in [1.54, 1.807) is 0 Å². The molecular formula is C14H17BrN2OS. The zero-order valence-electron chi connectivity index (χ0n) is 10.6. The Morgan fingerprint density at radius 3 is 2.53 bits per heavy atom. The summed E-state index contributed by atoms with van der Waals surface area (Å²) in [7, 11) is 0. The molecule has 2 bridgehead atoms. The van der Waals surface area contributed by atoms with Gasteiger partial charge in [0.1, 0.15) is 4.99 Å². The van der Waals surface area contributed by atoms with Crippen LogP contribution in [0.4, 0.5) is 5.69 Å². The van der Waals surface area contributed by atoms with Crippen LogP contribution in [0.25, 0.3) is 0 Å². The minimum atomic E-state index is -0.158. The zero-order chi connectivity index (χ0) is 13.6. The van der Waals surface area contributed by atoms with Gasteiger partial charge < -0.3 is 15.7 Å². The highest BCUT2D eigenvalue weighted by molar-refractivity contribution is 9.10. The first-order chi connectivity index (χ1) is 9.06. The number of hydrogen-bond donors (Lipinski definition) is 2. The minimum Gasteiger partial charge on any atom is -0.393 e. The number of piperidine rings is 1. The van der Waals surface area contributed by atoms with Crippen molar-refractivity contribution in [3.8, 4) is 0 Å². The minimum absolute atomic E-state index is 0.158. The van der Waals surface area contributed by atoms with Crippen molar-refractivity contribution < 1.29 is 5.11 Å². The predicted molar refractivity (Wildman–Crippen MR) is 84.6 cm³/mol. The van der Waals surface area contributed by atoms with Crippen LogP contribution in [-0.4, -0.2) is 28.3 Å². The summed E-state index contributed by atoms with van der Waals surface area (Å²) < 4.78 is 1.04. The van der Waals surface area contributed by atoms with Crippen molar-refractivity contribution in [3.05, 3.63) is 28.2 Å². The van der Waals surface area contributed by atoms with E-state index in [4.69, 9.17) is 18.0 Å². The number of aliphatic hydroxyl groups excluding tert-OH is 1. The lowest BCUT2D eigenvalue weighted by atomic mass is 9.98. The standard InChI is InChI=1S/C14H17BrN2OS/c15-8-1-4-12(14(16)19)13(5-8)17-9-2-3-10(17)7-11(18)6-9/h1,4-5,9-11,18H,2-3,6-7H2,(H2,16,19). The van der Waals surface area contributed by atoms with Crippen molar-refractivity contribution in [1.82, 2.24) is 0 Å². The van der Waals surface area contributed by atoms with Crippen molar-refractivity contribution in [2.75, 3.05) is 4.90 Å². The number of hydrogen-bond acceptors (Lipinski definition) is 3. The summed E-state index contributed by atoms with van der Waals surface area (Å²) in [6, 6.07) is 6.87. The van der Waals surface area contributed by atoms with Crippen LogP contribution in [0.2, 0.25) is 0 Å². The first-order valence-corrected chi connectivity index (χ1v) is 7.82. The van der Waals surface area contributed by atoms with Gasteiger partial charge in [0.05, 0.1) is 6.10 Å². The molecule has 3 N–H and O–H groups in total. The summed E-state index contributed by atoms with van der Waals surface area (Å²) in [6.07, 6.45) is 3.82. The third-order valence-corrected chi connectivity index (χ3v) is 4.92. The number of benzene rings is 1. The number of thiocarbonyl (C=S) groups is 1. The first-order valence-electron chi connectivity index (χ1n) is 6.62. The molecular weight excluding hydrogens is 324 g/mol. The number of fused-ring (bicyclic) bond motifs is 2. The van der Waals surface area contributed by atoms with Crippen LogP contribution in [0, 0.1) is 0 Å². The topological polar surface area (TPSA) is 49.5 Å². The van der Waals surface area contributed by atoms with Gasteiger partial charge in [-0.15, -0.1) is 0 Å². The van der Waals surface area contributed by atoms with Gasteiger partial charge in [0, 0.05) is 27.8 Å². The second-order valence-electron chi connectivity index (χ2n) is 5.44. The van der Waals surface area contributed by atoms with Gasteiger partial charge in [-0.05, 0) is 43.9 Å². The van der Waals surface area contributed by atoms with Gasteiger partial charge in [0.25, 0.3) is 0 Å². The van der Waals surface area contributed by atoms with E-state index in [9.17, 15) is 5.11 Å². The maximum Gasteiger partial charge on any atom is 0.106 e. The van der Waals surface area contributed by atoms with E-state index in [0.29, 0.717) is 17.1 Å². The molecule has 19 heavy (non-hydrogen) atoms. The molecule has 0 aliphatic carbocycles. The molecule has 2 aliphatic heterocycles. The molecule has 3 nitrogen and oxygen atoms in total. The fraction of sp³-hybridized carbons (Fsp3) is 0.500. The summed E-state index contributed by atoms with van der Waals surface area (Å²) >= 11 is 8.69. The number of anilines is 1. The van der Waals surface area contributed by atoms with Crippen LogP contribution in [0.5, 0.6) is 0 Å². The average molecular weight is 341 g/mol. The number of nitrogens with two attached hydrogens (primary N) is 1. The summed E-state index contributed by atoms with van der Waals surface area (Å²) in [5.74, 6) is 0. The summed E-state index contributed by atoms with van der Waals surface area (Å²) in [4.78, 5) is 2.86. The third-order valence-electron chi connectivity index (χ3n) is 4.21. The quantitative estimate of drug-likeness (QED) is 0.812. The van der Waals surface area contributed by atoms with Crippen LogP contribution < -0.4 is 10.6 Å². The molecule has 2 heterocycles. The highest BCUT2D eigenvalue weighted by atomic mass is 79.9. The van der Waals surface area contributed by atoms with Gasteiger partial charge in [-0.1, -0.05) is 28.1 Å². The van der Waals surface area contributed by atoms with Gasteiger partial charge in [-0.25, -0.2) is 0 Å². The molecule has 1 aromatic carbocycles. The Hall–Kier alpha value is -0.650. The van der Waals surface area contributed by atoms with E-state index in [1.807, 2.05) is 12.1 Å². The Labute approximate surface area is 126 Å². The van der Waals surface area contributed by atoms with Crippen molar-refractivity contribution in [2.24, 2.45) is 5.73 Å². The van der Waals surface area contributed by atoms with Gasteiger partial charge in [0.2, 0.25) is 0 Å². The van der Waals surface area contributed by atoms with Crippen LogP contribution in [-0.2, 0) is 0 Å². The molecule has 2 saturated heterocycles. The maximum atomic E-state index is 9.90. The Balaban J connectivity index is 2.03. The molecule has 2 unspecified atom stereocenters. The predicted octanol–water partition coefficient (Wildman–Crippen LogP) is 2.58. The molecule has 0 spiro atoms. The summed E-state index contributed by atoms with van der Waals surface area (Å²) in [5, 5.41) is 9.90. The largest absolute Gasteiger partial charge is 0.393 e. The smallest absolute Gasteiger partial charge is 0.106 e. The third kappa shape index (κ3) is 2.39. The number of rotatable bonds is 2. The van der Waals surface area contributed by atoms with Crippen molar-refractivity contribution >= 4 is 38.8 Å². The molecule has 3 rings (SSSR count). The number of halogens is 1. The average Bonchev–Trinajstić information content (AvgIpc) is 2.61. The lowest BCUT2D eigenvalue weighted by Crippen LogP contribution is -2.45. The Kier molecular flexibility index (Phi) is 3.53. The summed E-state index contributed by atoms with van der Waals surface area (Å²) in [5.41, 5.74) is 7.90. The number of aliphatic hydroxyl groups is 1. The van der Waals surface area contributed by atoms with E-state index in [1.165, 1.54) is 0 Å². The van der Waals surface area contributed by atoms with E-state index in [-0.39, 0.29) is 6.10 Å². The fourth-order valence-corrected chi connectivity index (χ4v) is 3.99. The van der Waals surface area contributed by atoms with E-state index in [2.05, 4.69) is 26.9 Å². The van der Waals surface area contributed by atoms with Crippen LogP contribution in [0.3, 0.4) is 0 Å². The van der Waals surface area contributed by atoms with E-state index in [0.717, 1.165) is 41.4 Å². The van der Waals surface area contributed by atoms with Crippen LogP contribution >= 0.6 is 28.1 Å². The van der Waals surface area contributed by atoms with Gasteiger partial charge in [-0.2, -0.15) is 0 Å². The molecule has 1 aromatic rings. The molecule has 5 heteroatoms. The first kappa shape index (κ1) is 13.3. The van der Waals surface area contributed by atoms with Crippen molar-refractivity contribution in [2.45, 2.75) is 43.9 Å². The SMILES string of the molecule is NC(=S)c1ccc(Br)cc1N1C2CCC1CC(O)C2. The van der Waals surface area contributed by atoms with Crippen molar-refractivity contribution in [1.29, 1.82) is 0 Å². The molecule has 0 amide bonds. The highest BCUT2D eigenvalue weighted by Crippen LogP contribution is 2.41. The van der Waals surface area contributed by atoms with E-state index < -0.39 is 0 Å². The fourth-order valence-electron chi connectivity index (χ4n) is 3.47. The van der Waals surface area contributed by atoms with Crippen molar-refractivity contribution in [3.63, 3.8) is 0 Å². The maximum absolute atomic E-state index is 9.90.